The number of imidazole rings is 1. The lowest BCUT2D eigenvalue weighted by Gasteiger charge is -2.18. The number of nitrogens with zero attached hydrogens (tertiary/aromatic N) is 7. The van der Waals surface area contributed by atoms with Crippen molar-refractivity contribution in [1.82, 2.24) is 34.8 Å². The Morgan fingerprint density at radius 2 is 1.95 bits per heavy atom. The normalized spacial score (nSPS) is 19.7. The number of nitrogens with one attached hydrogen (secondary N) is 1. The molecule has 3 N–H and O–H groups in total. The molecule has 6 rings (SSSR count). The highest BCUT2D eigenvalue weighted by Crippen LogP contribution is 2.46. The van der Waals surface area contributed by atoms with E-state index < -0.39 is 36.3 Å². The van der Waals surface area contributed by atoms with Gasteiger partial charge in [0, 0.05) is 25.0 Å². The van der Waals surface area contributed by atoms with E-state index in [1.165, 1.54) is 18.3 Å². The van der Waals surface area contributed by atoms with Crippen molar-refractivity contribution in [2.75, 3.05) is 11.1 Å². The second-order valence-electron chi connectivity index (χ2n) is 9.35. The fourth-order valence-electron chi connectivity index (χ4n) is 4.38. The molecule has 38 heavy (non-hydrogen) atoms. The maximum absolute atomic E-state index is 13.6. The van der Waals surface area contributed by atoms with Crippen molar-refractivity contribution < 1.29 is 31.2 Å². The van der Waals surface area contributed by atoms with Crippen LogP contribution in [-0.2, 0) is 16.6 Å². The number of anilines is 2. The van der Waals surface area contributed by atoms with Gasteiger partial charge in [0.25, 0.3) is 0 Å². The minimum Gasteiger partial charge on any atom is -0.423 e. The molecule has 1 fully saturated rings. The zero-order valence-electron chi connectivity index (χ0n) is 19.6. The highest BCUT2D eigenvalue weighted by Gasteiger charge is 2.57. The number of fused-ring (bicyclic) bond motifs is 2. The first-order valence-corrected chi connectivity index (χ1v) is 11.5. The lowest BCUT2D eigenvalue weighted by atomic mass is 9.84. The first-order chi connectivity index (χ1) is 17.9. The molecule has 0 radical (unpaired) electrons. The molecule has 198 valence electrons. The molecule has 1 aliphatic heterocycles. The Morgan fingerprint density at radius 1 is 1.18 bits per heavy atom. The van der Waals surface area contributed by atoms with E-state index in [1.54, 1.807) is 6.92 Å². The van der Waals surface area contributed by atoms with E-state index in [4.69, 9.17) is 10.2 Å². The minimum atomic E-state index is -5.70. The van der Waals surface area contributed by atoms with E-state index in [9.17, 15) is 26.7 Å². The fraction of sp³-hybridized carbons (Fsp3) is 0.409. The van der Waals surface area contributed by atoms with Gasteiger partial charge < -0.3 is 15.5 Å². The summed E-state index contributed by atoms with van der Waals surface area (Å²) in [5, 5.41) is 14.7. The summed E-state index contributed by atoms with van der Waals surface area (Å²) >= 11 is 0. The summed E-state index contributed by atoms with van der Waals surface area (Å²) in [4.78, 5) is 26.0. The average molecular weight is 535 g/mol. The minimum absolute atomic E-state index is 0.0308. The number of carbonyl (C=O) groups excluding carboxylic acids is 1. The summed E-state index contributed by atoms with van der Waals surface area (Å²) in [5.41, 5.74) is 5.30. The van der Waals surface area contributed by atoms with E-state index in [0.29, 0.717) is 5.89 Å². The molecule has 4 aromatic heterocycles. The van der Waals surface area contributed by atoms with Crippen LogP contribution in [0.25, 0.3) is 17.0 Å². The molecule has 1 amide bonds. The number of hydrogen-bond donors (Lipinski definition) is 2. The Morgan fingerprint density at radius 3 is 2.66 bits per heavy atom. The molecule has 1 unspecified atom stereocenters. The second kappa shape index (κ2) is 7.88. The molecule has 0 saturated heterocycles. The van der Waals surface area contributed by atoms with Gasteiger partial charge in [-0.1, -0.05) is 0 Å². The highest BCUT2D eigenvalue weighted by molar-refractivity contribution is 6.08. The van der Waals surface area contributed by atoms with Crippen LogP contribution in [0.1, 0.15) is 55.3 Å². The van der Waals surface area contributed by atoms with Crippen molar-refractivity contribution in [2.45, 2.75) is 56.0 Å². The zero-order valence-corrected chi connectivity index (χ0v) is 19.6. The van der Waals surface area contributed by atoms with Gasteiger partial charge in [-0.25, -0.2) is 19.5 Å². The smallest absolute Gasteiger partial charge is 0.423 e. The molecule has 16 heteroatoms. The fourth-order valence-corrected chi connectivity index (χ4v) is 4.38. The van der Waals surface area contributed by atoms with Crippen LogP contribution in [0.2, 0.25) is 0 Å². The molecule has 0 bridgehead atoms. The van der Waals surface area contributed by atoms with Crippen molar-refractivity contribution in [3.63, 3.8) is 0 Å². The van der Waals surface area contributed by atoms with Crippen molar-refractivity contribution >= 4 is 23.1 Å². The van der Waals surface area contributed by atoms with Gasteiger partial charge in [-0.05, 0) is 31.9 Å². The molecule has 0 spiro atoms. The molecule has 4 aromatic rings. The topological polar surface area (TPSA) is 150 Å². The maximum atomic E-state index is 13.6. The maximum Gasteiger partial charge on any atom is 0.453 e. The Kier molecular flexibility index (Phi) is 5.00. The molecule has 1 saturated carbocycles. The van der Waals surface area contributed by atoms with Crippen LogP contribution >= 0.6 is 0 Å². The van der Waals surface area contributed by atoms with Gasteiger partial charge in [-0.3, -0.25) is 4.79 Å². The van der Waals surface area contributed by atoms with Crippen LogP contribution in [-0.4, -0.2) is 52.8 Å². The van der Waals surface area contributed by atoms with Crippen LogP contribution in [0.5, 0.6) is 0 Å². The third-order valence-corrected chi connectivity index (χ3v) is 6.69. The third-order valence-electron chi connectivity index (χ3n) is 6.69. The monoisotopic (exact) mass is 535 g/mol. The van der Waals surface area contributed by atoms with E-state index in [-0.39, 0.29) is 51.9 Å². The Bertz CT molecular complexity index is 1590. The number of alkyl halides is 5. The van der Waals surface area contributed by atoms with Gasteiger partial charge >= 0.3 is 12.1 Å². The van der Waals surface area contributed by atoms with E-state index in [2.05, 4.69) is 35.6 Å². The van der Waals surface area contributed by atoms with Gasteiger partial charge in [-0.15, -0.1) is 10.2 Å². The third kappa shape index (κ3) is 3.57. The van der Waals surface area contributed by atoms with Gasteiger partial charge in [-0.2, -0.15) is 27.1 Å². The van der Waals surface area contributed by atoms with E-state index in [0.717, 1.165) is 17.4 Å². The number of hydrogen-bond acceptors (Lipinski definition) is 9. The van der Waals surface area contributed by atoms with Crippen molar-refractivity contribution in [3.8, 4) is 11.5 Å². The molecule has 1 atom stereocenters. The van der Waals surface area contributed by atoms with Gasteiger partial charge in [0.15, 0.2) is 11.2 Å². The number of nitrogens with two attached hydrogens (primary N) is 1. The summed E-state index contributed by atoms with van der Waals surface area (Å²) in [6.07, 6.45) is -4.80. The summed E-state index contributed by atoms with van der Waals surface area (Å²) < 4.78 is 72.1. The van der Waals surface area contributed by atoms with E-state index in [1.807, 2.05) is 0 Å². The zero-order chi connectivity index (χ0) is 27.0. The standard InChI is InChI=1S/C22H18F5N9O2/c1-20(19-35-34-17(38-19)9-4-5-9)12-14(28)31-16(32-15(12)33-18(20)37)13-10-3-2-8-29-36(10)11(30-13)6-7-21(23,24)22(25,26)27/h2-3,8-9H,4-7H2,1H3,(H3,28,31,32,33,37). The Labute approximate surface area is 209 Å². The van der Waals surface area contributed by atoms with Crippen LogP contribution in [0.15, 0.2) is 22.7 Å². The summed E-state index contributed by atoms with van der Waals surface area (Å²) in [6.45, 7) is 1.55. The van der Waals surface area contributed by atoms with E-state index >= 15 is 0 Å². The number of amides is 1. The first kappa shape index (κ1) is 24.1. The number of aryl methyl sites for hydroxylation is 1. The quantitative estimate of drug-likeness (QED) is 0.354. The first-order valence-electron chi connectivity index (χ1n) is 11.5. The predicted octanol–water partition coefficient (Wildman–Crippen LogP) is 3.42. The van der Waals surface area contributed by atoms with Crippen LogP contribution in [0, 0.1) is 0 Å². The van der Waals surface area contributed by atoms with Crippen LogP contribution < -0.4 is 11.1 Å². The summed E-state index contributed by atoms with van der Waals surface area (Å²) in [7, 11) is 0. The van der Waals surface area contributed by atoms with Gasteiger partial charge in [0.05, 0.1) is 11.1 Å². The molecule has 0 aromatic carbocycles. The van der Waals surface area contributed by atoms with Crippen molar-refractivity contribution in [3.05, 3.63) is 41.5 Å². The molecule has 1 aliphatic carbocycles. The molecule has 5 heterocycles. The predicted molar refractivity (Wildman–Crippen MR) is 119 cm³/mol. The average Bonchev–Trinajstić information content (AvgIpc) is 3.35. The Hall–Kier alpha value is -4.24. The molecule has 11 nitrogen and oxygen atoms in total. The number of nitrogen functional groups attached to an aromatic ring is 1. The van der Waals surface area contributed by atoms with Crippen LogP contribution in [0.3, 0.4) is 0 Å². The SMILES string of the molecule is CC1(c2nnc(C3CC3)o2)C(=O)Nc2nc(-c3nc(CCC(F)(F)C(F)(F)F)n4ncccc34)nc(N)c21. The second-order valence-corrected chi connectivity index (χ2v) is 9.35. The number of carbonyl (C=O) groups is 1. The largest absolute Gasteiger partial charge is 0.453 e. The number of aromatic nitrogens is 7. The van der Waals surface area contributed by atoms with Crippen LogP contribution in [0.4, 0.5) is 33.6 Å². The highest BCUT2D eigenvalue weighted by atomic mass is 19.4. The molecular weight excluding hydrogens is 517 g/mol. The lowest BCUT2D eigenvalue weighted by Crippen LogP contribution is -2.36. The number of rotatable bonds is 6. The lowest BCUT2D eigenvalue weighted by molar-refractivity contribution is -0.284. The summed E-state index contributed by atoms with van der Waals surface area (Å²) in [6, 6.07) is 3.05. The molecule has 2 aliphatic rings. The van der Waals surface area contributed by atoms with Crippen molar-refractivity contribution in [2.24, 2.45) is 0 Å². The van der Waals surface area contributed by atoms with Crippen molar-refractivity contribution in [1.29, 1.82) is 0 Å². The number of halogens is 5. The van der Waals surface area contributed by atoms with Gasteiger partial charge in [0.2, 0.25) is 17.7 Å². The van der Waals surface area contributed by atoms with Gasteiger partial charge in [0.1, 0.15) is 23.2 Å². The molecular formula is C22H18F5N9O2. The summed E-state index contributed by atoms with van der Waals surface area (Å²) in [5.74, 6) is -5.11. The Balaban J connectivity index is 1.40.